The van der Waals surface area contributed by atoms with Crippen LogP contribution in [0, 0.1) is 0 Å². The van der Waals surface area contributed by atoms with Crippen molar-refractivity contribution in [3.05, 3.63) is 28.8 Å². The van der Waals surface area contributed by atoms with Crippen LogP contribution in [0.3, 0.4) is 0 Å². The zero-order valence-corrected chi connectivity index (χ0v) is 20.7. The van der Waals surface area contributed by atoms with E-state index in [2.05, 4.69) is 11.8 Å². The van der Waals surface area contributed by atoms with Gasteiger partial charge >= 0.3 is 0 Å². The lowest BCUT2D eigenvalue weighted by atomic mass is 10.1. The maximum Gasteiger partial charge on any atom is 0.255 e. The van der Waals surface area contributed by atoms with Gasteiger partial charge in [0.05, 0.1) is 28.7 Å². The van der Waals surface area contributed by atoms with E-state index in [-0.39, 0.29) is 16.4 Å². The highest BCUT2D eigenvalue weighted by Gasteiger charge is 2.29. The minimum Gasteiger partial charge on any atom is -0.379 e. The number of carbonyl (C=O) groups is 1. The van der Waals surface area contributed by atoms with Gasteiger partial charge in [0.1, 0.15) is 0 Å². The molecule has 1 aromatic carbocycles. The van der Waals surface area contributed by atoms with Crippen LogP contribution in [0.25, 0.3) is 0 Å². The number of nitrogens with zero attached hydrogens (tertiary/aromatic N) is 3. The summed E-state index contributed by atoms with van der Waals surface area (Å²) in [5.41, 5.74) is 0.268. The van der Waals surface area contributed by atoms with Crippen molar-refractivity contribution in [2.24, 2.45) is 0 Å². The van der Waals surface area contributed by atoms with Gasteiger partial charge in [0.2, 0.25) is 10.0 Å². The fraction of sp³-hybridized carbons (Fsp3) is 0.696. The Morgan fingerprint density at radius 3 is 2.47 bits per heavy atom. The number of morpholine rings is 1. The van der Waals surface area contributed by atoms with Crippen molar-refractivity contribution in [1.82, 2.24) is 14.1 Å². The molecule has 1 amide bonds. The first-order valence-electron chi connectivity index (χ1n) is 11.8. The van der Waals surface area contributed by atoms with Crippen LogP contribution in [0.15, 0.2) is 23.1 Å². The Morgan fingerprint density at radius 2 is 1.78 bits per heavy atom. The van der Waals surface area contributed by atoms with E-state index in [1.165, 1.54) is 22.5 Å². The number of carbonyl (C=O) groups excluding carboxylic acids is 1. The maximum absolute atomic E-state index is 13.5. The molecule has 1 aromatic rings. The van der Waals surface area contributed by atoms with Gasteiger partial charge in [-0.2, -0.15) is 4.31 Å². The zero-order valence-electron chi connectivity index (χ0n) is 19.1. The third kappa shape index (κ3) is 6.67. The zero-order chi connectivity index (χ0) is 23.0. The van der Waals surface area contributed by atoms with Crippen molar-refractivity contribution >= 4 is 27.5 Å². The van der Waals surface area contributed by atoms with Gasteiger partial charge in [0, 0.05) is 45.8 Å². The molecule has 0 saturated carbocycles. The standard InChI is InChI=1S/C23H36ClN3O4S/c1-2-3-4-5-10-26(14-13-25-15-17-31-18-16-25)23(28)21-19-20(8-9-22(21)24)32(29,30)27-11-6-7-12-27/h8-9,19H,2-7,10-18H2,1H3. The van der Waals surface area contributed by atoms with Crippen molar-refractivity contribution in [2.75, 3.05) is 59.0 Å². The van der Waals surface area contributed by atoms with Gasteiger partial charge < -0.3 is 9.64 Å². The lowest BCUT2D eigenvalue weighted by Gasteiger charge is -2.30. The molecule has 0 unspecified atom stereocenters. The molecule has 3 rings (SSSR count). The normalized spacial score (nSPS) is 18.2. The number of rotatable bonds is 11. The molecule has 32 heavy (non-hydrogen) atoms. The number of hydrogen-bond acceptors (Lipinski definition) is 5. The monoisotopic (exact) mass is 485 g/mol. The van der Waals surface area contributed by atoms with E-state index in [1.807, 2.05) is 4.90 Å². The van der Waals surface area contributed by atoms with E-state index in [4.69, 9.17) is 16.3 Å². The van der Waals surface area contributed by atoms with E-state index in [0.29, 0.717) is 44.4 Å². The van der Waals surface area contributed by atoms with Crippen molar-refractivity contribution in [2.45, 2.75) is 50.3 Å². The van der Waals surface area contributed by atoms with Gasteiger partial charge in [-0.05, 0) is 37.5 Å². The van der Waals surface area contributed by atoms with Crippen molar-refractivity contribution in [1.29, 1.82) is 0 Å². The molecule has 7 nitrogen and oxygen atoms in total. The molecule has 0 bridgehead atoms. The average Bonchev–Trinajstić information content (AvgIpc) is 3.35. The van der Waals surface area contributed by atoms with Crippen LogP contribution < -0.4 is 0 Å². The first-order chi connectivity index (χ1) is 15.4. The molecule has 0 radical (unpaired) electrons. The molecular formula is C23H36ClN3O4S. The smallest absolute Gasteiger partial charge is 0.255 e. The Balaban J connectivity index is 1.76. The second-order valence-corrected chi connectivity index (χ2v) is 10.9. The molecule has 0 aromatic heterocycles. The summed E-state index contributed by atoms with van der Waals surface area (Å²) in [7, 11) is -3.61. The fourth-order valence-electron chi connectivity index (χ4n) is 4.21. The summed E-state index contributed by atoms with van der Waals surface area (Å²) in [5.74, 6) is -0.196. The average molecular weight is 486 g/mol. The highest BCUT2D eigenvalue weighted by Crippen LogP contribution is 2.26. The largest absolute Gasteiger partial charge is 0.379 e. The molecule has 0 spiro atoms. The molecule has 0 N–H and O–H groups in total. The minimum atomic E-state index is -3.61. The number of sulfonamides is 1. The molecule has 2 heterocycles. The molecule has 2 fully saturated rings. The van der Waals surface area contributed by atoms with Gasteiger partial charge in [-0.25, -0.2) is 8.42 Å². The van der Waals surface area contributed by atoms with E-state index in [0.717, 1.165) is 58.2 Å². The molecule has 180 valence electrons. The van der Waals surface area contributed by atoms with Crippen LogP contribution in [-0.4, -0.2) is 87.5 Å². The lowest BCUT2D eigenvalue weighted by molar-refractivity contribution is 0.0324. The van der Waals surface area contributed by atoms with Crippen LogP contribution in [-0.2, 0) is 14.8 Å². The van der Waals surface area contributed by atoms with E-state index in [9.17, 15) is 13.2 Å². The summed E-state index contributed by atoms with van der Waals surface area (Å²) in [4.78, 5) is 17.8. The molecule has 0 atom stereocenters. The Morgan fingerprint density at radius 1 is 1.06 bits per heavy atom. The van der Waals surface area contributed by atoms with Gasteiger partial charge in [0.25, 0.3) is 5.91 Å². The maximum atomic E-state index is 13.5. The number of halogens is 1. The highest BCUT2D eigenvalue weighted by atomic mass is 35.5. The second-order valence-electron chi connectivity index (χ2n) is 8.56. The van der Waals surface area contributed by atoms with Crippen molar-refractivity contribution in [3.63, 3.8) is 0 Å². The molecular weight excluding hydrogens is 450 g/mol. The quantitative estimate of drug-likeness (QED) is 0.449. The number of amides is 1. The summed E-state index contributed by atoms with van der Waals surface area (Å²) >= 11 is 6.39. The summed E-state index contributed by atoms with van der Waals surface area (Å²) in [5, 5.41) is 0.292. The summed E-state index contributed by atoms with van der Waals surface area (Å²) < 4.78 is 32.9. The van der Waals surface area contributed by atoms with E-state index in [1.54, 1.807) is 0 Å². The number of unbranched alkanes of at least 4 members (excludes halogenated alkanes) is 3. The molecule has 2 aliphatic rings. The van der Waals surface area contributed by atoms with Gasteiger partial charge in [0.15, 0.2) is 0 Å². The van der Waals surface area contributed by atoms with E-state index < -0.39 is 10.0 Å². The summed E-state index contributed by atoms with van der Waals surface area (Å²) in [6.45, 7) is 8.37. The number of hydrogen-bond donors (Lipinski definition) is 0. The number of benzene rings is 1. The van der Waals surface area contributed by atoms with Crippen molar-refractivity contribution in [3.8, 4) is 0 Å². The molecule has 0 aliphatic carbocycles. The van der Waals surface area contributed by atoms with Gasteiger partial charge in [-0.15, -0.1) is 0 Å². The lowest BCUT2D eigenvalue weighted by Crippen LogP contribution is -2.43. The van der Waals surface area contributed by atoms with Crippen LogP contribution in [0.5, 0.6) is 0 Å². The highest BCUT2D eigenvalue weighted by molar-refractivity contribution is 7.89. The van der Waals surface area contributed by atoms with Crippen LogP contribution in [0.2, 0.25) is 5.02 Å². The number of ether oxygens (including phenoxy) is 1. The van der Waals surface area contributed by atoms with Crippen LogP contribution in [0.1, 0.15) is 55.8 Å². The fourth-order valence-corrected chi connectivity index (χ4v) is 5.95. The van der Waals surface area contributed by atoms with Gasteiger partial charge in [-0.1, -0.05) is 37.8 Å². The van der Waals surface area contributed by atoms with Gasteiger partial charge in [-0.3, -0.25) is 9.69 Å². The third-order valence-corrected chi connectivity index (χ3v) is 8.45. The topological polar surface area (TPSA) is 70.2 Å². The van der Waals surface area contributed by atoms with Crippen LogP contribution in [0.4, 0.5) is 0 Å². The summed E-state index contributed by atoms with van der Waals surface area (Å²) in [6.07, 6.45) is 5.98. The van der Waals surface area contributed by atoms with Crippen LogP contribution >= 0.6 is 11.6 Å². The predicted octanol–water partition coefficient (Wildman–Crippen LogP) is 3.48. The third-order valence-electron chi connectivity index (χ3n) is 6.23. The Labute approximate surface area is 197 Å². The summed E-state index contributed by atoms with van der Waals surface area (Å²) in [6, 6.07) is 4.51. The Hall–Kier alpha value is -1.19. The Kier molecular flexibility index (Phi) is 9.79. The minimum absolute atomic E-state index is 0.145. The second kappa shape index (κ2) is 12.3. The first-order valence-corrected chi connectivity index (χ1v) is 13.6. The SMILES string of the molecule is CCCCCCN(CCN1CCOCC1)C(=O)c1cc(S(=O)(=O)N2CCCC2)ccc1Cl. The molecule has 9 heteroatoms. The molecule has 2 saturated heterocycles. The predicted molar refractivity (Wildman–Crippen MR) is 127 cm³/mol. The van der Waals surface area contributed by atoms with E-state index >= 15 is 0 Å². The Bertz CT molecular complexity index is 853. The van der Waals surface area contributed by atoms with Crippen molar-refractivity contribution < 1.29 is 17.9 Å². The molecule has 2 aliphatic heterocycles. The first kappa shape index (κ1) is 25.4.